The molecule has 1 saturated heterocycles. The highest BCUT2D eigenvalue weighted by Crippen LogP contribution is 2.38. The summed E-state index contributed by atoms with van der Waals surface area (Å²) in [4.78, 5) is 2.55. The number of likely N-dealkylation sites (tertiary alicyclic amines) is 1. The van der Waals surface area contributed by atoms with E-state index in [0.29, 0.717) is 17.4 Å². The smallest absolute Gasteiger partial charge is 0.119 e. The molecule has 0 bridgehead atoms. The van der Waals surface area contributed by atoms with Gasteiger partial charge >= 0.3 is 0 Å². The highest BCUT2D eigenvalue weighted by molar-refractivity contribution is 5.57. The van der Waals surface area contributed by atoms with E-state index in [9.17, 15) is 10.2 Å². The topological polar surface area (TPSA) is 65.0 Å². The first-order valence-corrected chi connectivity index (χ1v) is 15.0. The Balaban J connectivity index is 1.07. The van der Waals surface area contributed by atoms with Gasteiger partial charge in [0, 0.05) is 24.8 Å². The monoisotopic (exact) mass is 528 g/mol. The number of anilines is 1. The van der Waals surface area contributed by atoms with Gasteiger partial charge in [-0.2, -0.15) is 0 Å². The van der Waals surface area contributed by atoms with Gasteiger partial charge in [0.05, 0.1) is 0 Å². The second-order valence-electron chi connectivity index (χ2n) is 11.3. The molecule has 1 atom stereocenters. The summed E-state index contributed by atoms with van der Waals surface area (Å²) in [7, 11) is 0. The lowest BCUT2D eigenvalue weighted by molar-refractivity contribution is 0.195. The van der Waals surface area contributed by atoms with E-state index in [0.717, 1.165) is 63.2 Å². The lowest BCUT2D eigenvalue weighted by Crippen LogP contribution is -2.31. The number of fused-ring (bicyclic) bond motifs is 1. The first kappa shape index (κ1) is 27.4. The average molecular weight is 529 g/mol. The molecular weight excluding hydrogens is 484 g/mol. The fraction of sp³-hybridized carbons (Fsp3) is 0.471. The Morgan fingerprint density at radius 3 is 2.38 bits per heavy atom. The predicted molar refractivity (Wildman–Crippen MR) is 159 cm³/mol. The summed E-state index contributed by atoms with van der Waals surface area (Å²) in [5.41, 5.74) is 6.18. The van der Waals surface area contributed by atoms with Crippen molar-refractivity contribution < 1.29 is 14.9 Å². The lowest BCUT2D eigenvalue weighted by atomic mass is 9.79. The molecule has 3 aromatic rings. The number of phenolic OH excluding ortho intramolecular Hbond substituents is 2. The first-order valence-electron chi connectivity index (χ1n) is 15.0. The van der Waals surface area contributed by atoms with Gasteiger partial charge in [-0.25, -0.2) is 0 Å². The molecule has 1 fully saturated rings. The molecule has 1 aliphatic heterocycles. The van der Waals surface area contributed by atoms with Crippen LogP contribution in [0.15, 0.2) is 60.7 Å². The van der Waals surface area contributed by atoms with Crippen LogP contribution in [0.3, 0.4) is 0 Å². The number of hydrogen-bond acceptors (Lipinski definition) is 5. The maximum absolute atomic E-state index is 10.2. The van der Waals surface area contributed by atoms with Crippen LogP contribution in [0.25, 0.3) is 0 Å². The minimum absolute atomic E-state index is 0.296. The summed E-state index contributed by atoms with van der Waals surface area (Å²) in [6.07, 6.45) is 11.7. The summed E-state index contributed by atoms with van der Waals surface area (Å²) in [6.45, 7) is 5.04. The summed E-state index contributed by atoms with van der Waals surface area (Å²) < 4.78 is 6.04. The number of rotatable bonds is 10. The van der Waals surface area contributed by atoms with E-state index >= 15 is 0 Å². The molecule has 5 nitrogen and oxygen atoms in total. The van der Waals surface area contributed by atoms with Gasteiger partial charge in [0.2, 0.25) is 0 Å². The number of aryl methyl sites for hydroxylation is 2. The zero-order valence-electron chi connectivity index (χ0n) is 23.2. The summed E-state index contributed by atoms with van der Waals surface area (Å²) in [5.74, 6) is 2.00. The molecule has 0 saturated carbocycles. The summed E-state index contributed by atoms with van der Waals surface area (Å²) in [6, 6.07) is 20.0. The zero-order valence-corrected chi connectivity index (χ0v) is 23.2. The van der Waals surface area contributed by atoms with Gasteiger partial charge in [-0.05, 0) is 117 Å². The third-order valence-corrected chi connectivity index (χ3v) is 8.40. The van der Waals surface area contributed by atoms with Crippen LogP contribution in [-0.4, -0.2) is 47.9 Å². The molecule has 0 aromatic heterocycles. The van der Waals surface area contributed by atoms with Crippen LogP contribution < -0.4 is 10.1 Å². The van der Waals surface area contributed by atoms with Crippen molar-refractivity contribution in [3.05, 3.63) is 82.9 Å². The Hall–Kier alpha value is -3.18. The maximum atomic E-state index is 10.2. The lowest BCUT2D eigenvalue weighted by Gasteiger charge is -2.27. The Morgan fingerprint density at radius 1 is 0.821 bits per heavy atom. The standard InChI is InChI=1S/C34H44N2O3/c37-30-13-12-27-23-29(11-10-28(27)24-30)33-17-14-31(38)25-34(33)35-18-6-7-26-8-15-32(16-9-26)39-22-21-36-19-4-2-1-3-5-20-36/h8-9,12-17,24-25,29,35,37-38H,1-7,10-11,18-23H2. The number of hydrogen-bond donors (Lipinski definition) is 3. The van der Waals surface area contributed by atoms with Crippen LogP contribution in [0.5, 0.6) is 17.2 Å². The molecule has 3 N–H and O–H groups in total. The molecule has 0 amide bonds. The molecule has 5 heteroatoms. The minimum atomic E-state index is 0.296. The molecule has 1 heterocycles. The largest absolute Gasteiger partial charge is 0.508 e. The van der Waals surface area contributed by atoms with Gasteiger partial charge in [0.15, 0.2) is 0 Å². The van der Waals surface area contributed by atoms with Crippen molar-refractivity contribution in [1.82, 2.24) is 4.90 Å². The van der Waals surface area contributed by atoms with Crippen molar-refractivity contribution in [2.45, 2.75) is 70.1 Å². The Kier molecular flexibility index (Phi) is 9.66. The second-order valence-corrected chi connectivity index (χ2v) is 11.3. The summed E-state index contributed by atoms with van der Waals surface area (Å²) in [5, 5.41) is 23.6. The fourth-order valence-electron chi connectivity index (χ4n) is 6.16. The molecule has 39 heavy (non-hydrogen) atoms. The fourth-order valence-corrected chi connectivity index (χ4v) is 6.16. The van der Waals surface area contributed by atoms with E-state index in [2.05, 4.69) is 46.6 Å². The number of nitrogens with zero attached hydrogens (tertiary/aromatic N) is 1. The Labute approximate surface area is 233 Å². The SMILES string of the molecule is Oc1ccc2c(c1)CCC(c1ccc(O)cc1NCCCc1ccc(OCCN3CCCCCCC3)cc1)C2. The van der Waals surface area contributed by atoms with Crippen molar-refractivity contribution in [3.8, 4) is 17.2 Å². The molecular formula is C34H44N2O3. The third kappa shape index (κ3) is 7.92. The highest BCUT2D eigenvalue weighted by atomic mass is 16.5. The summed E-state index contributed by atoms with van der Waals surface area (Å²) >= 11 is 0. The number of aromatic hydroxyl groups is 2. The van der Waals surface area contributed by atoms with E-state index < -0.39 is 0 Å². The van der Waals surface area contributed by atoms with Crippen molar-refractivity contribution in [2.75, 3.05) is 38.1 Å². The highest BCUT2D eigenvalue weighted by Gasteiger charge is 2.23. The van der Waals surface area contributed by atoms with Gasteiger partial charge in [-0.3, -0.25) is 4.90 Å². The van der Waals surface area contributed by atoms with Crippen molar-refractivity contribution in [2.24, 2.45) is 0 Å². The Bertz CT molecular complexity index is 1190. The molecule has 2 aliphatic rings. The molecule has 1 aliphatic carbocycles. The van der Waals surface area contributed by atoms with Gasteiger partial charge in [0.25, 0.3) is 0 Å². The number of nitrogens with one attached hydrogen (secondary N) is 1. The normalized spacial score (nSPS) is 18.1. The zero-order chi connectivity index (χ0) is 26.9. The Morgan fingerprint density at radius 2 is 1.56 bits per heavy atom. The van der Waals surface area contributed by atoms with Crippen LogP contribution in [0.1, 0.15) is 73.1 Å². The van der Waals surface area contributed by atoms with Gasteiger partial charge in [-0.15, -0.1) is 0 Å². The van der Waals surface area contributed by atoms with Crippen molar-refractivity contribution in [1.29, 1.82) is 0 Å². The predicted octanol–water partition coefficient (Wildman–Crippen LogP) is 7.06. The maximum Gasteiger partial charge on any atom is 0.119 e. The van der Waals surface area contributed by atoms with Crippen LogP contribution in [0, 0.1) is 0 Å². The van der Waals surface area contributed by atoms with Crippen molar-refractivity contribution >= 4 is 5.69 Å². The molecule has 208 valence electrons. The van der Waals surface area contributed by atoms with Gasteiger partial charge in [-0.1, -0.05) is 43.5 Å². The number of phenols is 2. The molecule has 1 unspecified atom stereocenters. The van der Waals surface area contributed by atoms with E-state index in [1.165, 1.54) is 67.4 Å². The van der Waals surface area contributed by atoms with Crippen LogP contribution >= 0.6 is 0 Å². The molecule has 0 spiro atoms. The number of benzene rings is 3. The average Bonchev–Trinajstić information content (AvgIpc) is 2.93. The third-order valence-electron chi connectivity index (χ3n) is 8.40. The van der Waals surface area contributed by atoms with E-state index in [1.54, 1.807) is 12.1 Å². The molecule has 5 rings (SSSR count). The molecule has 3 aromatic carbocycles. The van der Waals surface area contributed by atoms with E-state index in [4.69, 9.17) is 4.74 Å². The molecule has 0 radical (unpaired) electrons. The number of ether oxygens (including phenoxy) is 1. The van der Waals surface area contributed by atoms with Gasteiger partial charge < -0.3 is 20.3 Å². The first-order chi connectivity index (χ1) is 19.1. The van der Waals surface area contributed by atoms with E-state index in [-0.39, 0.29) is 0 Å². The van der Waals surface area contributed by atoms with Crippen LogP contribution in [0.4, 0.5) is 5.69 Å². The minimum Gasteiger partial charge on any atom is -0.508 e. The quantitative estimate of drug-likeness (QED) is 0.246. The van der Waals surface area contributed by atoms with Gasteiger partial charge in [0.1, 0.15) is 23.9 Å². The second kappa shape index (κ2) is 13.7. The van der Waals surface area contributed by atoms with Crippen molar-refractivity contribution in [3.63, 3.8) is 0 Å². The van der Waals surface area contributed by atoms with Crippen LogP contribution in [0.2, 0.25) is 0 Å². The van der Waals surface area contributed by atoms with Crippen LogP contribution in [-0.2, 0) is 19.3 Å². The van der Waals surface area contributed by atoms with E-state index in [1.807, 2.05) is 12.1 Å².